The first-order valence-corrected chi connectivity index (χ1v) is 11.7. The number of piperidine rings is 1. The largest absolute Gasteiger partial charge is 0.478 e. The van der Waals surface area contributed by atoms with Crippen LogP contribution in [0.4, 0.5) is 0 Å². The van der Waals surface area contributed by atoms with Crippen LogP contribution in [0.1, 0.15) is 24.5 Å². The molecule has 11 nitrogen and oxygen atoms in total. The van der Waals surface area contributed by atoms with Gasteiger partial charge in [0, 0.05) is 66.3 Å². The number of hydrogen-bond donors (Lipinski definition) is 3. The van der Waals surface area contributed by atoms with Crippen LogP contribution in [0.3, 0.4) is 0 Å². The second kappa shape index (κ2) is 13.3. The fraction of sp³-hybridized carbons (Fsp3) is 0.280. The summed E-state index contributed by atoms with van der Waals surface area (Å²) >= 11 is 6.05. The molecule has 0 atom stereocenters. The van der Waals surface area contributed by atoms with E-state index in [0.717, 1.165) is 41.1 Å². The molecule has 1 fully saturated rings. The topological polar surface area (TPSA) is 159 Å². The monoisotopic (exact) mass is 527 g/mol. The molecule has 0 unspecified atom stereocenters. The van der Waals surface area contributed by atoms with Crippen molar-refractivity contribution in [1.82, 2.24) is 25.1 Å². The number of ether oxygens (including phenoxy) is 1. The van der Waals surface area contributed by atoms with Gasteiger partial charge < -0.3 is 19.8 Å². The lowest BCUT2D eigenvalue weighted by atomic mass is 9.89. The first-order chi connectivity index (χ1) is 17.8. The highest BCUT2D eigenvalue weighted by atomic mass is 35.5. The van der Waals surface area contributed by atoms with Crippen molar-refractivity contribution in [1.29, 1.82) is 0 Å². The van der Waals surface area contributed by atoms with Crippen molar-refractivity contribution in [3.05, 3.63) is 65.7 Å². The number of carbonyl (C=O) groups excluding carboxylic acids is 1. The van der Waals surface area contributed by atoms with Crippen LogP contribution in [0.5, 0.6) is 0 Å². The van der Waals surface area contributed by atoms with Crippen molar-refractivity contribution in [3.8, 4) is 22.5 Å². The molecule has 2 aromatic heterocycles. The van der Waals surface area contributed by atoms with Gasteiger partial charge in [0.05, 0.1) is 5.69 Å². The van der Waals surface area contributed by atoms with E-state index in [-0.39, 0.29) is 18.4 Å². The maximum atomic E-state index is 12.1. The Morgan fingerprint density at radius 3 is 2.30 bits per heavy atom. The van der Waals surface area contributed by atoms with Crippen molar-refractivity contribution < 1.29 is 29.3 Å². The van der Waals surface area contributed by atoms with E-state index in [1.54, 1.807) is 19.6 Å². The quantitative estimate of drug-likeness (QED) is 0.392. The summed E-state index contributed by atoms with van der Waals surface area (Å²) in [6.07, 6.45) is 6.11. The summed E-state index contributed by atoms with van der Waals surface area (Å²) in [4.78, 5) is 41.6. The van der Waals surface area contributed by atoms with Crippen LogP contribution in [-0.2, 0) is 19.1 Å². The van der Waals surface area contributed by atoms with Gasteiger partial charge in [0.2, 0.25) is 5.91 Å². The maximum absolute atomic E-state index is 12.1. The minimum absolute atomic E-state index is 0.0356. The van der Waals surface area contributed by atoms with Crippen LogP contribution < -0.4 is 0 Å². The number of aromatic amines is 1. The Labute approximate surface area is 217 Å². The van der Waals surface area contributed by atoms with E-state index in [4.69, 9.17) is 26.6 Å². The van der Waals surface area contributed by atoms with E-state index < -0.39 is 11.9 Å². The number of nitrogens with one attached hydrogen (secondary N) is 1. The molecular formula is C25H26ClN5O6. The molecule has 0 saturated carbocycles. The van der Waals surface area contributed by atoms with E-state index in [1.165, 1.54) is 0 Å². The molecule has 1 aliphatic heterocycles. The number of H-pyrrole nitrogens is 1. The molecule has 0 radical (unpaired) electrons. The van der Waals surface area contributed by atoms with Gasteiger partial charge in [0.15, 0.2) is 0 Å². The van der Waals surface area contributed by atoms with Crippen molar-refractivity contribution in [2.45, 2.75) is 18.8 Å². The zero-order valence-corrected chi connectivity index (χ0v) is 20.8. The third-order valence-electron chi connectivity index (χ3n) is 5.64. The van der Waals surface area contributed by atoms with E-state index in [9.17, 15) is 14.4 Å². The highest BCUT2D eigenvalue weighted by molar-refractivity contribution is 6.30. The number of carbonyl (C=O) groups is 3. The first kappa shape index (κ1) is 27.5. The molecule has 1 aromatic carbocycles. The van der Waals surface area contributed by atoms with Crippen molar-refractivity contribution >= 4 is 29.4 Å². The minimum atomic E-state index is -1.26. The number of halogens is 1. The molecule has 1 aliphatic rings. The fourth-order valence-electron chi connectivity index (χ4n) is 3.94. The summed E-state index contributed by atoms with van der Waals surface area (Å²) in [5.74, 6) is -2.21. The number of hydrogen-bond acceptors (Lipinski definition) is 7. The number of methoxy groups -OCH3 is 1. The van der Waals surface area contributed by atoms with Gasteiger partial charge in [-0.15, -0.1) is 0 Å². The molecule has 1 saturated heterocycles. The summed E-state index contributed by atoms with van der Waals surface area (Å²) in [5.41, 5.74) is 4.67. The standard InChI is InChI=1S/C21H22ClN5O2.C4H4O4/c1-29-12-18(28)27-10-7-15(8-11-27)21-19(17-6-9-23-13-24-17)20(25-26-21)14-2-4-16(22)5-3-14;5-3(6)1-2-4(7)8/h2-6,9,13,15H,7-8,10-12H2,1H3,(H,25,26);1-2H,(H,5,6)(H,7,8)/b;2-1+. The van der Waals surface area contributed by atoms with Gasteiger partial charge in [0.25, 0.3) is 0 Å². The second-order valence-corrected chi connectivity index (χ2v) is 8.50. The third kappa shape index (κ3) is 7.69. The molecule has 3 N–H and O–H groups in total. The van der Waals surface area contributed by atoms with Gasteiger partial charge in [-0.3, -0.25) is 9.89 Å². The van der Waals surface area contributed by atoms with Gasteiger partial charge in [-0.25, -0.2) is 19.6 Å². The molecule has 37 heavy (non-hydrogen) atoms. The summed E-state index contributed by atoms with van der Waals surface area (Å²) < 4.78 is 4.98. The molecule has 4 rings (SSSR count). The van der Waals surface area contributed by atoms with E-state index in [0.29, 0.717) is 30.3 Å². The zero-order valence-electron chi connectivity index (χ0n) is 20.0. The lowest BCUT2D eigenvalue weighted by Crippen LogP contribution is -2.39. The van der Waals surface area contributed by atoms with Gasteiger partial charge in [-0.05, 0) is 31.0 Å². The Morgan fingerprint density at radius 1 is 1.11 bits per heavy atom. The Bertz CT molecular complexity index is 1220. The molecule has 1 amide bonds. The third-order valence-corrected chi connectivity index (χ3v) is 5.89. The number of carboxylic acids is 2. The van der Waals surface area contributed by atoms with E-state index >= 15 is 0 Å². The van der Waals surface area contributed by atoms with Crippen LogP contribution in [0.2, 0.25) is 5.02 Å². The van der Waals surface area contributed by atoms with Crippen LogP contribution in [-0.4, -0.2) is 79.9 Å². The van der Waals surface area contributed by atoms with Crippen LogP contribution in [0.15, 0.2) is 55.0 Å². The number of aromatic nitrogens is 4. The van der Waals surface area contributed by atoms with Crippen molar-refractivity contribution in [2.75, 3.05) is 26.8 Å². The smallest absolute Gasteiger partial charge is 0.328 e. The van der Waals surface area contributed by atoms with E-state index in [2.05, 4.69) is 20.2 Å². The molecular weight excluding hydrogens is 502 g/mol. The zero-order chi connectivity index (χ0) is 26.8. The summed E-state index contributed by atoms with van der Waals surface area (Å²) in [7, 11) is 1.54. The highest BCUT2D eigenvalue weighted by Gasteiger charge is 2.29. The minimum Gasteiger partial charge on any atom is -0.478 e. The number of likely N-dealkylation sites (tertiary alicyclic amines) is 1. The fourth-order valence-corrected chi connectivity index (χ4v) is 4.07. The van der Waals surface area contributed by atoms with Gasteiger partial charge >= 0.3 is 11.9 Å². The van der Waals surface area contributed by atoms with Crippen LogP contribution in [0, 0.1) is 0 Å². The number of amides is 1. The number of nitrogens with zero attached hydrogens (tertiary/aromatic N) is 4. The van der Waals surface area contributed by atoms with Crippen LogP contribution in [0.25, 0.3) is 22.5 Å². The highest BCUT2D eigenvalue weighted by Crippen LogP contribution is 2.39. The Balaban J connectivity index is 0.000000414. The van der Waals surface area contributed by atoms with Crippen LogP contribution >= 0.6 is 11.6 Å². The number of carboxylic acid groups (broad SMARTS) is 2. The molecule has 0 aliphatic carbocycles. The number of rotatable bonds is 7. The predicted octanol–water partition coefficient (Wildman–Crippen LogP) is 3.25. The second-order valence-electron chi connectivity index (χ2n) is 8.06. The van der Waals surface area contributed by atoms with Gasteiger partial charge in [0.1, 0.15) is 18.6 Å². The average Bonchev–Trinajstić information content (AvgIpc) is 3.34. The Kier molecular flexibility index (Phi) is 9.87. The summed E-state index contributed by atoms with van der Waals surface area (Å²) in [5, 5.41) is 24.2. The van der Waals surface area contributed by atoms with Gasteiger partial charge in [-0.1, -0.05) is 23.7 Å². The molecule has 3 heterocycles. The lowest BCUT2D eigenvalue weighted by Gasteiger charge is -2.31. The molecule has 3 aromatic rings. The molecule has 194 valence electrons. The summed E-state index contributed by atoms with van der Waals surface area (Å²) in [6.45, 7) is 1.53. The van der Waals surface area contributed by atoms with Crippen molar-refractivity contribution in [3.63, 3.8) is 0 Å². The predicted molar refractivity (Wildman–Crippen MR) is 135 cm³/mol. The Hall–Kier alpha value is -4.09. The normalized spacial score (nSPS) is 13.7. The first-order valence-electron chi connectivity index (χ1n) is 11.3. The average molecular weight is 528 g/mol. The Morgan fingerprint density at radius 2 is 1.76 bits per heavy atom. The van der Waals surface area contributed by atoms with E-state index in [1.807, 2.05) is 35.2 Å². The summed E-state index contributed by atoms with van der Waals surface area (Å²) in [6, 6.07) is 9.52. The van der Waals surface area contributed by atoms with Crippen molar-refractivity contribution in [2.24, 2.45) is 0 Å². The lowest BCUT2D eigenvalue weighted by molar-refractivity contribution is -0.136. The number of benzene rings is 1. The molecule has 0 bridgehead atoms. The SMILES string of the molecule is COCC(=O)N1CCC(c2[nH]nc(-c3ccc(Cl)cc3)c2-c2ccncn2)CC1.O=C(O)/C=C/C(=O)O. The number of aliphatic carboxylic acids is 2. The maximum Gasteiger partial charge on any atom is 0.328 e. The molecule has 12 heteroatoms. The molecule has 0 spiro atoms. The van der Waals surface area contributed by atoms with Gasteiger partial charge in [-0.2, -0.15) is 5.10 Å².